The van der Waals surface area contributed by atoms with Crippen LogP contribution < -0.4 is 10.6 Å². The van der Waals surface area contributed by atoms with Gasteiger partial charge in [0.1, 0.15) is 6.33 Å². The minimum atomic E-state index is -0.771. The smallest absolute Gasteiger partial charge is 0.321 e. The summed E-state index contributed by atoms with van der Waals surface area (Å²) in [5.41, 5.74) is -0.330. The number of carboxylic acids is 1. The van der Waals surface area contributed by atoms with Crippen LogP contribution in [0.15, 0.2) is 6.33 Å². The highest BCUT2D eigenvalue weighted by Crippen LogP contribution is 2.52. The van der Waals surface area contributed by atoms with E-state index in [1.54, 1.807) is 7.05 Å². The van der Waals surface area contributed by atoms with Crippen LogP contribution in [0.5, 0.6) is 0 Å². The van der Waals surface area contributed by atoms with E-state index >= 15 is 0 Å². The van der Waals surface area contributed by atoms with Crippen molar-refractivity contribution < 1.29 is 14.7 Å². The summed E-state index contributed by atoms with van der Waals surface area (Å²) in [4.78, 5) is 27.0. The molecule has 1 fully saturated rings. The highest BCUT2D eigenvalue weighted by Gasteiger charge is 2.53. The van der Waals surface area contributed by atoms with Gasteiger partial charge < -0.3 is 10.4 Å². The Balaban J connectivity index is 1.91. The Morgan fingerprint density at radius 3 is 2.67 bits per heavy atom. The Kier molecular flexibility index (Phi) is 3.89. The van der Waals surface area contributed by atoms with Crippen molar-refractivity contribution in [2.24, 2.45) is 24.3 Å². The number of amides is 2. The highest BCUT2D eigenvalue weighted by atomic mass is 16.4. The maximum atomic E-state index is 11.9. The first kappa shape index (κ1) is 15.3. The van der Waals surface area contributed by atoms with Crippen molar-refractivity contribution in [2.75, 3.05) is 5.32 Å². The Hall–Kier alpha value is -2.12. The predicted octanol–water partition coefficient (Wildman–Crippen LogP) is 1.07. The lowest BCUT2D eigenvalue weighted by molar-refractivity contribution is -0.160. The van der Waals surface area contributed by atoms with Crippen LogP contribution in [0.3, 0.4) is 0 Å². The van der Waals surface area contributed by atoms with E-state index in [0.717, 1.165) is 0 Å². The standard InChI is InChI=1S/C13H21N5O3/c1-7(8-5-9(10(19)20)13(8,2)3)16-12(21)17-11-14-6-15-18(11)4/h6-9H,5H2,1-4H3,(H,19,20)(H2,14,15,16,17,21)/t7?,8-,9+/m0/s1. The fourth-order valence-electron chi connectivity index (χ4n) is 3.08. The third-order valence-corrected chi connectivity index (χ3v) is 4.54. The number of nitrogens with one attached hydrogen (secondary N) is 2. The summed E-state index contributed by atoms with van der Waals surface area (Å²) < 4.78 is 1.46. The molecule has 1 unspecified atom stereocenters. The van der Waals surface area contributed by atoms with Crippen LogP contribution in [0.1, 0.15) is 27.2 Å². The molecule has 1 aromatic rings. The van der Waals surface area contributed by atoms with Crippen molar-refractivity contribution in [3.63, 3.8) is 0 Å². The van der Waals surface area contributed by atoms with Gasteiger partial charge in [0.2, 0.25) is 5.95 Å². The summed E-state index contributed by atoms with van der Waals surface area (Å²) in [7, 11) is 1.68. The Labute approximate surface area is 122 Å². The van der Waals surface area contributed by atoms with Gasteiger partial charge in [-0.1, -0.05) is 13.8 Å². The summed E-state index contributed by atoms with van der Waals surface area (Å²) in [5.74, 6) is -0.639. The number of carbonyl (C=O) groups excluding carboxylic acids is 1. The number of carboxylic acid groups (broad SMARTS) is 1. The number of anilines is 1. The first-order valence-corrected chi connectivity index (χ1v) is 6.87. The van der Waals surface area contributed by atoms with E-state index in [9.17, 15) is 9.59 Å². The van der Waals surface area contributed by atoms with E-state index in [2.05, 4.69) is 20.7 Å². The molecule has 0 bridgehead atoms. The lowest BCUT2D eigenvalue weighted by atomic mass is 9.53. The van der Waals surface area contributed by atoms with Crippen molar-refractivity contribution in [3.05, 3.63) is 6.33 Å². The predicted molar refractivity (Wildman–Crippen MR) is 75.6 cm³/mol. The topological polar surface area (TPSA) is 109 Å². The first-order chi connectivity index (χ1) is 9.73. The van der Waals surface area contributed by atoms with Gasteiger partial charge in [0.05, 0.1) is 5.92 Å². The fourth-order valence-corrected chi connectivity index (χ4v) is 3.08. The molecule has 2 amide bonds. The molecule has 21 heavy (non-hydrogen) atoms. The second-order valence-corrected chi connectivity index (χ2v) is 6.15. The van der Waals surface area contributed by atoms with Gasteiger partial charge in [0, 0.05) is 13.1 Å². The second-order valence-electron chi connectivity index (χ2n) is 6.15. The number of carbonyl (C=O) groups is 2. The molecule has 1 heterocycles. The van der Waals surface area contributed by atoms with E-state index < -0.39 is 5.97 Å². The molecule has 1 aliphatic carbocycles. The molecule has 1 saturated carbocycles. The fraction of sp³-hybridized carbons (Fsp3) is 0.692. The summed E-state index contributed by atoms with van der Waals surface area (Å²) in [5, 5.41) is 18.4. The zero-order valence-corrected chi connectivity index (χ0v) is 12.6. The number of hydrogen-bond acceptors (Lipinski definition) is 4. The van der Waals surface area contributed by atoms with Crippen LogP contribution in [0, 0.1) is 17.3 Å². The minimum Gasteiger partial charge on any atom is -0.481 e. The van der Waals surface area contributed by atoms with E-state index in [1.807, 2.05) is 20.8 Å². The molecule has 0 saturated heterocycles. The van der Waals surface area contributed by atoms with Crippen LogP contribution in [-0.4, -0.2) is 37.9 Å². The minimum absolute atomic E-state index is 0.121. The van der Waals surface area contributed by atoms with Gasteiger partial charge in [-0.25, -0.2) is 9.48 Å². The molecular weight excluding hydrogens is 274 g/mol. The van der Waals surface area contributed by atoms with Crippen LogP contribution in [0.2, 0.25) is 0 Å². The Bertz CT molecular complexity index is 554. The maximum Gasteiger partial charge on any atom is 0.321 e. The zero-order chi connectivity index (χ0) is 15.8. The van der Waals surface area contributed by atoms with Gasteiger partial charge in [0.15, 0.2) is 0 Å². The Morgan fingerprint density at radius 2 is 2.19 bits per heavy atom. The molecule has 8 nitrogen and oxygen atoms in total. The monoisotopic (exact) mass is 295 g/mol. The lowest BCUT2D eigenvalue weighted by Gasteiger charge is -2.52. The first-order valence-electron chi connectivity index (χ1n) is 6.87. The molecule has 3 N–H and O–H groups in total. The quantitative estimate of drug-likeness (QED) is 0.770. The molecule has 1 aliphatic rings. The number of nitrogens with zero attached hydrogens (tertiary/aromatic N) is 3. The number of rotatable bonds is 4. The number of aliphatic carboxylic acids is 1. The van der Waals surface area contributed by atoms with Crippen molar-refractivity contribution >= 4 is 17.9 Å². The van der Waals surface area contributed by atoms with Crippen LogP contribution >= 0.6 is 0 Å². The molecule has 0 radical (unpaired) electrons. The van der Waals surface area contributed by atoms with Crippen LogP contribution in [0.4, 0.5) is 10.7 Å². The third kappa shape index (κ3) is 2.84. The molecule has 0 aliphatic heterocycles. The van der Waals surface area contributed by atoms with E-state index in [-0.39, 0.29) is 29.3 Å². The van der Waals surface area contributed by atoms with Gasteiger partial charge in [-0.15, -0.1) is 0 Å². The molecule has 0 spiro atoms. The molecule has 116 valence electrons. The highest BCUT2D eigenvalue weighted by molar-refractivity contribution is 5.87. The van der Waals surface area contributed by atoms with Gasteiger partial charge >= 0.3 is 12.0 Å². The molecule has 3 atom stereocenters. The van der Waals surface area contributed by atoms with Crippen molar-refractivity contribution in [3.8, 4) is 0 Å². The van der Waals surface area contributed by atoms with Crippen LogP contribution in [0.25, 0.3) is 0 Å². The van der Waals surface area contributed by atoms with Gasteiger partial charge in [-0.2, -0.15) is 10.1 Å². The molecule has 2 rings (SSSR count). The SMILES string of the molecule is CC(NC(=O)Nc1ncnn1C)[C@@H]1C[C@H](C(=O)O)C1(C)C. The summed E-state index contributed by atoms with van der Waals surface area (Å²) in [6.45, 7) is 5.75. The second kappa shape index (κ2) is 5.34. The lowest BCUT2D eigenvalue weighted by Crippen LogP contribution is -2.57. The van der Waals surface area contributed by atoms with Gasteiger partial charge in [-0.05, 0) is 24.7 Å². The number of aromatic nitrogens is 3. The number of aryl methyl sites for hydroxylation is 1. The van der Waals surface area contributed by atoms with Crippen molar-refractivity contribution in [1.82, 2.24) is 20.1 Å². The van der Waals surface area contributed by atoms with Crippen molar-refractivity contribution in [1.29, 1.82) is 0 Å². The van der Waals surface area contributed by atoms with Gasteiger partial charge in [0.25, 0.3) is 0 Å². The Morgan fingerprint density at radius 1 is 1.52 bits per heavy atom. The molecule has 0 aromatic carbocycles. The largest absolute Gasteiger partial charge is 0.481 e. The average Bonchev–Trinajstić information content (AvgIpc) is 2.72. The summed E-state index contributed by atoms with van der Waals surface area (Å²) in [6.07, 6.45) is 1.93. The average molecular weight is 295 g/mol. The van der Waals surface area contributed by atoms with Crippen molar-refractivity contribution in [2.45, 2.75) is 33.2 Å². The molecule has 8 heteroatoms. The maximum absolute atomic E-state index is 11.9. The third-order valence-electron chi connectivity index (χ3n) is 4.54. The summed E-state index contributed by atoms with van der Waals surface area (Å²) in [6, 6.07) is -0.489. The van der Waals surface area contributed by atoms with E-state index in [0.29, 0.717) is 12.4 Å². The molecular formula is C13H21N5O3. The molecule has 1 aromatic heterocycles. The zero-order valence-electron chi connectivity index (χ0n) is 12.6. The van der Waals surface area contributed by atoms with E-state index in [4.69, 9.17) is 5.11 Å². The van der Waals surface area contributed by atoms with E-state index in [1.165, 1.54) is 11.0 Å². The summed E-state index contributed by atoms with van der Waals surface area (Å²) >= 11 is 0. The number of urea groups is 1. The van der Waals surface area contributed by atoms with Crippen LogP contribution in [-0.2, 0) is 11.8 Å². The van der Waals surface area contributed by atoms with Gasteiger partial charge in [-0.3, -0.25) is 10.1 Å². The number of hydrogen-bond donors (Lipinski definition) is 3. The normalized spacial score (nSPS) is 24.8.